The van der Waals surface area contributed by atoms with Gasteiger partial charge in [-0.1, -0.05) is 0 Å². The largest absolute Gasteiger partial charge is 0.322 e. The minimum absolute atomic E-state index is 0.232. The second-order valence-electron chi connectivity index (χ2n) is 3.22. The molecule has 1 aromatic heterocycles. The second kappa shape index (κ2) is 5.09. The Hall–Kier alpha value is -1.02. The first kappa shape index (κ1) is 12.4. The molecule has 88 valence electrons. The van der Waals surface area contributed by atoms with E-state index in [2.05, 4.69) is 27.9 Å². The van der Waals surface area contributed by atoms with E-state index in [9.17, 15) is 13.6 Å². The molecule has 2 rings (SSSR count). The zero-order chi connectivity index (χ0) is 12.4. The van der Waals surface area contributed by atoms with Gasteiger partial charge >= 0.3 is 0 Å². The minimum atomic E-state index is -0.984. The van der Waals surface area contributed by atoms with Crippen molar-refractivity contribution in [2.24, 2.45) is 0 Å². The third-order valence-electron chi connectivity index (χ3n) is 2.01. The van der Waals surface area contributed by atoms with Crippen molar-refractivity contribution >= 4 is 45.5 Å². The number of benzene rings is 1. The summed E-state index contributed by atoms with van der Waals surface area (Å²) in [5, 5.41) is 4.20. The molecule has 2 aromatic rings. The Bertz CT molecular complexity index is 570. The molecule has 0 aliphatic rings. The molecular weight excluding hydrogens is 359 g/mol. The standard InChI is InChI=1S/C11H6F2INOS/c12-8-2-1-7(4-9(8)13)15-11(16)6-3-10(14)17-5-6/h1-5H,(H,15,16). The smallest absolute Gasteiger partial charge is 0.256 e. The van der Waals surface area contributed by atoms with Crippen molar-refractivity contribution in [1.82, 2.24) is 0 Å². The molecular formula is C11H6F2INOS. The molecule has 0 radical (unpaired) electrons. The van der Waals surface area contributed by atoms with Gasteiger partial charge in [-0.15, -0.1) is 11.3 Å². The van der Waals surface area contributed by atoms with E-state index in [4.69, 9.17) is 0 Å². The van der Waals surface area contributed by atoms with Crippen LogP contribution in [0.4, 0.5) is 14.5 Å². The lowest BCUT2D eigenvalue weighted by molar-refractivity contribution is 0.102. The van der Waals surface area contributed by atoms with Crippen LogP contribution in [0.25, 0.3) is 0 Å². The Balaban J connectivity index is 2.15. The van der Waals surface area contributed by atoms with E-state index in [-0.39, 0.29) is 11.6 Å². The molecule has 0 aliphatic heterocycles. The van der Waals surface area contributed by atoms with E-state index >= 15 is 0 Å². The number of carbonyl (C=O) groups is 1. The summed E-state index contributed by atoms with van der Waals surface area (Å²) in [6.45, 7) is 0. The van der Waals surface area contributed by atoms with Gasteiger partial charge < -0.3 is 5.32 Å². The van der Waals surface area contributed by atoms with E-state index in [1.54, 1.807) is 11.4 Å². The molecule has 0 saturated heterocycles. The maximum Gasteiger partial charge on any atom is 0.256 e. The summed E-state index contributed by atoms with van der Waals surface area (Å²) in [7, 11) is 0. The van der Waals surface area contributed by atoms with Crippen LogP contribution in [-0.4, -0.2) is 5.91 Å². The molecule has 17 heavy (non-hydrogen) atoms. The number of halogens is 3. The van der Waals surface area contributed by atoms with Crippen molar-refractivity contribution in [2.45, 2.75) is 0 Å². The van der Waals surface area contributed by atoms with Crippen molar-refractivity contribution in [1.29, 1.82) is 0 Å². The third-order valence-corrected chi connectivity index (χ3v) is 3.80. The fourth-order valence-electron chi connectivity index (χ4n) is 1.21. The lowest BCUT2D eigenvalue weighted by Gasteiger charge is -2.03. The summed E-state index contributed by atoms with van der Waals surface area (Å²) in [5.74, 6) is -2.26. The van der Waals surface area contributed by atoms with E-state index in [1.807, 2.05) is 0 Å². The summed E-state index contributed by atoms with van der Waals surface area (Å²) in [4.78, 5) is 11.7. The van der Waals surface area contributed by atoms with E-state index in [0.29, 0.717) is 5.56 Å². The lowest BCUT2D eigenvalue weighted by atomic mass is 10.2. The average Bonchev–Trinajstić information content (AvgIpc) is 2.70. The summed E-state index contributed by atoms with van der Waals surface area (Å²) < 4.78 is 26.6. The van der Waals surface area contributed by atoms with Crippen LogP contribution < -0.4 is 5.32 Å². The van der Waals surface area contributed by atoms with Gasteiger partial charge in [0.15, 0.2) is 11.6 Å². The Morgan fingerprint density at radius 2 is 2.00 bits per heavy atom. The molecule has 1 amide bonds. The molecule has 0 spiro atoms. The highest BCUT2D eigenvalue weighted by molar-refractivity contribution is 14.1. The Kier molecular flexibility index (Phi) is 3.72. The molecule has 0 bridgehead atoms. The normalized spacial score (nSPS) is 10.3. The molecule has 2 nitrogen and oxygen atoms in total. The van der Waals surface area contributed by atoms with E-state index in [0.717, 1.165) is 15.0 Å². The summed E-state index contributed by atoms with van der Waals surface area (Å²) in [6.07, 6.45) is 0. The second-order valence-corrected chi connectivity index (χ2v) is 6.03. The van der Waals surface area contributed by atoms with Crippen LogP contribution in [0.3, 0.4) is 0 Å². The van der Waals surface area contributed by atoms with E-state index < -0.39 is 11.6 Å². The highest BCUT2D eigenvalue weighted by atomic mass is 127. The van der Waals surface area contributed by atoms with Gasteiger partial charge in [-0.3, -0.25) is 4.79 Å². The molecule has 6 heteroatoms. The number of thiophene rings is 1. The predicted octanol–water partition coefficient (Wildman–Crippen LogP) is 3.88. The fraction of sp³-hybridized carbons (Fsp3) is 0. The first-order valence-corrected chi connectivity index (χ1v) is 6.52. The number of amides is 1. The van der Waals surface area contributed by atoms with Gasteiger partial charge in [0.25, 0.3) is 5.91 Å². The maximum absolute atomic E-state index is 12.9. The van der Waals surface area contributed by atoms with Crippen LogP contribution in [0.5, 0.6) is 0 Å². The Labute approximate surface area is 114 Å². The van der Waals surface area contributed by atoms with Crippen molar-refractivity contribution in [2.75, 3.05) is 5.32 Å². The fourth-order valence-corrected chi connectivity index (χ4v) is 2.53. The molecule has 0 fully saturated rings. The number of anilines is 1. The molecule has 0 saturated carbocycles. The highest BCUT2D eigenvalue weighted by Crippen LogP contribution is 2.19. The molecule has 0 atom stereocenters. The first-order valence-electron chi connectivity index (χ1n) is 4.56. The van der Waals surface area contributed by atoms with Gasteiger partial charge in [0.2, 0.25) is 0 Å². The molecule has 1 heterocycles. The zero-order valence-corrected chi connectivity index (χ0v) is 11.3. The van der Waals surface area contributed by atoms with Gasteiger partial charge in [-0.05, 0) is 40.8 Å². The predicted molar refractivity (Wildman–Crippen MR) is 71.3 cm³/mol. The number of nitrogens with one attached hydrogen (secondary N) is 1. The number of hydrogen-bond acceptors (Lipinski definition) is 2. The first-order chi connectivity index (χ1) is 8.06. The molecule has 1 N–H and O–H groups in total. The summed E-state index contributed by atoms with van der Waals surface area (Å²) in [6, 6.07) is 4.96. The van der Waals surface area contributed by atoms with Gasteiger partial charge in [0.1, 0.15) is 0 Å². The van der Waals surface area contributed by atoms with Gasteiger partial charge in [0, 0.05) is 17.1 Å². The topological polar surface area (TPSA) is 29.1 Å². The highest BCUT2D eigenvalue weighted by Gasteiger charge is 2.09. The van der Waals surface area contributed by atoms with Gasteiger partial charge in [-0.25, -0.2) is 8.78 Å². The van der Waals surface area contributed by atoms with Crippen LogP contribution in [0, 0.1) is 14.5 Å². The van der Waals surface area contributed by atoms with Crippen LogP contribution in [-0.2, 0) is 0 Å². The minimum Gasteiger partial charge on any atom is -0.322 e. The number of hydrogen-bond donors (Lipinski definition) is 1. The van der Waals surface area contributed by atoms with Crippen LogP contribution in [0.1, 0.15) is 10.4 Å². The molecule has 1 aromatic carbocycles. The zero-order valence-electron chi connectivity index (χ0n) is 8.34. The van der Waals surface area contributed by atoms with Crippen LogP contribution >= 0.6 is 33.9 Å². The lowest BCUT2D eigenvalue weighted by Crippen LogP contribution is -2.11. The Morgan fingerprint density at radius 1 is 1.24 bits per heavy atom. The van der Waals surface area contributed by atoms with Gasteiger partial charge in [0.05, 0.1) is 8.45 Å². The third kappa shape index (κ3) is 3.01. The summed E-state index contributed by atoms with van der Waals surface area (Å²) in [5.41, 5.74) is 0.735. The number of rotatable bonds is 2. The van der Waals surface area contributed by atoms with Crippen molar-refractivity contribution in [3.05, 3.63) is 49.7 Å². The SMILES string of the molecule is O=C(Nc1ccc(F)c(F)c1)c1csc(I)c1. The van der Waals surface area contributed by atoms with Crippen LogP contribution in [0.2, 0.25) is 0 Å². The molecule has 0 aliphatic carbocycles. The summed E-state index contributed by atoms with van der Waals surface area (Å²) >= 11 is 3.54. The maximum atomic E-state index is 12.9. The molecule has 0 unspecified atom stereocenters. The van der Waals surface area contributed by atoms with E-state index in [1.165, 1.54) is 17.4 Å². The monoisotopic (exact) mass is 365 g/mol. The van der Waals surface area contributed by atoms with Gasteiger partial charge in [-0.2, -0.15) is 0 Å². The van der Waals surface area contributed by atoms with Crippen molar-refractivity contribution < 1.29 is 13.6 Å². The van der Waals surface area contributed by atoms with Crippen LogP contribution in [0.15, 0.2) is 29.6 Å². The average molecular weight is 365 g/mol. The Morgan fingerprint density at radius 3 is 2.59 bits per heavy atom. The van der Waals surface area contributed by atoms with Crippen molar-refractivity contribution in [3.63, 3.8) is 0 Å². The number of carbonyl (C=O) groups excluding carboxylic acids is 1. The quantitative estimate of drug-likeness (QED) is 0.805. The van der Waals surface area contributed by atoms with Crippen molar-refractivity contribution in [3.8, 4) is 0 Å².